The van der Waals surface area contributed by atoms with Crippen molar-refractivity contribution in [2.45, 2.75) is 6.10 Å². The molecule has 1 atom stereocenters. The number of aliphatic hydroxyl groups excluding tert-OH is 2. The molecule has 0 heterocycles. The molecule has 0 aliphatic carbocycles. The minimum atomic E-state index is -0.942. The van der Waals surface area contributed by atoms with Crippen LogP contribution in [0.3, 0.4) is 0 Å². The maximum absolute atomic E-state index is 9.15. The minimum Gasteiger partial charge on any atom is -0.506 e. The predicted molar refractivity (Wildman–Crippen MR) is 45.2 cm³/mol. The summed E-state index contributed by atoms with van der Waals surface area (Å²) in [6.07, 6.45) is -0.942. The highest BCUT2D eigenvalue weighted by Gasteiger charge is 2.07. The van der Waals surface area contributed by atoms with Crippen molar-refractivity contribution < 1.29 is 15.3 Å². The fraction of sp³-hybridized carbons (Fsp3) is 0.250. The van der Waals surface area contributed by atoms with E-state index in [0.29, 0.717) is 5.56 Å². The largest absolute Gasteiger partial charge is 0.506 e. The van der Waals surface area contributed by atoms with Gasteiger partial charge >= 0.3 is 0 Å². The second kappa shape index (κ2) is 3.76. The zero-order valence-electron chi connectivity index (χ0n) is 6.24. The fourth-order valence-corrected chi connectivity index (χ4v) is 1.02. The lowest BCUT2D eigenvalue weighted by Gasteiger charge is -2.07. The molecular formula is C8H9ClO3. The number of hydrogen-bond acceptors (Lipinski definition) is 3. The fourth-order valence-electron chi connectivity index (χ4n) is 0.836. The summed E-state index contributed by atoms with van der Waals surface area (Å²) < 4.78 is 0. The van der Waals surface area contributed by atoms with E-state index in [1.807, 2.05) is 0 Å². The van der Waals surface area contributed by atoms with E-state index in [2.05, 4.69) is 0 Å². The lowest BCUT2D eigenvalue weighted by Crippen LogP contribution is -2.01. The quantitative estimate of drug-likeness (QED) is 0.651. The lowest BCUT2D eigenvalue weighted by atomic mass is 10.1. The molecule has 0 saturated carbocycles. The Morgan fingerprint density at radius 1 is 1.42 bits per heavy atom. The molecule has 0 bridgehead atoms. The molecule has 1 aromatic rings. The van der Waals surface area contributed by atoms with Crippen molar-refractivity contribution in [1.29, 1.82) is 0 Å². The van der Waals surface area contributed by atoms with Crippen LogP contribution < -0.4 is 0 Å². The molecule has 0 saturated heterocycles. The highest BCUT2D eigenvalue weighted by molar-refractivity contribution is 6.32. The van der Waals surface area contributed by atoms with Crippen LogP contribution >= 0.6 is 11.6 Å². The van der Waals surface area contributed by atoms with Crippen molar-refractivity contribution in [1.82, 2.24) is 0 Å². The van der Waals surface area contributed by atoms with E-state index in [4.69, 9.17) is 26.9 Å². The van der Waals surface area contributed by atoms with Gasteiger partial charge < -0.3 is 15.3 Å². The molecule has 66 valence electrons. The van der Waals surface area contributed by atoms with E-state index in [9.17, 15) is 0 Å². The second-order valence-corrected chi connectivity index (χ2v) is 2.82. The normalized spacial score (nSPS) is 12.9. The summed E-state index contributed by atoms with van der Waals surface area (Å²) >= 11 is 5.57. The maximum atomic E-state index is 9.15. The van der Waals surface area contributed by atoms with Crippen LogP contribution in [0.15, 0.2) is 18.2 Å². The van der Waals surface area contributed by atoms with Crippen LogP contribution in [-0.2, 0) is 0 Å². The van der Waals surface area contributed by atoms with Crippen molar-refractivity contribution in [2.75, 3.05) is 6.61 Å². The molecule has 3 N–H and O–H groups in total. The van der Waals surface area contributed by atoms with Crippen molar-refractivity contribution in [3.63, 3.8) is 0 Å². The molecule has 0 spiro atoms. The first kappa shape index (κ1) is 9.32. The Kier molecular flexibility index (Phi) is 2.92. The standard InChI is InChI=1S/C8H9ClO3/c9-6-3-5(8(12)4-10)1-2-7(6)11/h1-3,8,10-12H,4H2. The molecular weight excluding hydrogens is 180 g/mol. The third-order valence-electron chi connectivity index (χ3n) is 1.53. The second-order valence-electron chi connectivity index (χ2n) is 2.41. The van der Waals surface area contributed by atoms with E-state index in [-0.39, 0.29) is 17.4 Å². The Balaban J connectivity index is 2.96. The number of hydrogen-bond donors (Lipinski definition) is 3. The Labute approximate surface area is 74.8 Å². The number of phenolic OH excluding ortho intramolecular Hbond substituents is 1. The van der Waals surface area contributed by atoms with Gasteiger partial charge in [-0.05, 0) is 17.7 Å². The first-order valence-electron chi connectivity index (χ1n) is 3.42. The summed E-state index contributed by atoms with van der Waals surface area (Å²) in [5.74, 6) is -0.0365. The van der Waals surface area contributed by atoms with Crippen molar-refractivity contribution >= 4 is 11.6 Å². The van der Waals surface area contributed by atoms with Gasteiger partial charge in [-0.2, -0.15) is 0 Å². The summed E-state index contributed by atoms with van der Waals surface area (Å²) in [7, 11) is 0. The molecule has 0 aliphatic heterocycles. The van der Waals surface area contributed by atoms with Gasteiger partial charge in [0.15, 0.2) is 0 Å². The summed E-state index contributed by atoms with van der Waals surface area (Å²) in [6, 6.07) is 4.29. The summed E-state index contributed by atoms with van der Waals surface area (Å²) in [4.78, 5) is 0. The Hall–Kier alpha value is -0.770. The van der Waals surface area contributed by atoms with Crippen LogP contribution in [-0.4, -0.2) is 21.9 Å². The van der Waals surface area contributed by atoms with E-state index in [1.54, 1.807) is 0 Å². The topological polar surface area (TPSA) is 60.7 Å². The summed E-state index contributed by atoms with van der Waals surface area (Å²) in [5, 5.41) is 26.9. The molecule has 1 aromatic carbocycles. The maximum Gasteiger partial charge on any atom is 0.134 e. The van der Waals surface area contributed by atoms with Crippen LogP contribution in [0, 0.1) is 0 Å². The molecule has 1 rings (SSSR count). The molecule has 0 aliphatic rings. The Bertz CT molecular complexity index is 275. The van der Waals surface area contributed by atoms with Gasteiger partial charge in [0.05, 0.1) is 11.6 Å². The molecule has 4 heteroatoms. The van der Waals surface area contributed by atoms with Gasteiger partial charge in [-0.1, -0.05) is 17.7 Å². The van der Waals surface area contributed by atoms with Gasteiger partial charge in [0.2, 0.25) is 0 Å². The van der Waals surface area contributed by atoms with E-state index in [1.165, 1.54) is 18.2 Å². The van der Waals surface area contributed by atoms with Gasteiger partial charge in [0.1, 0.15) is 11.9 Å². The third-order valence-corrected chi connectivity index (χ3v) is 1.83. The highest BCUT2D eigenvalue weighted by Crippen LogP contribution is 2.26. The molecule has 0 fully saturated rings. The van der Waals surface area contributed by atoms with Crippen LogP contribution in [0.4, 0.5) is 0 Å². The van der Waals surface area contributed by atoms with Gasteiger partial charge in [-0.15, -0.1) is 0 Å². The zero-order valence-corrected chi connectivity index (χ0v) is 6.99. The van der Waals surface area contributed by atoms with Crippen LogP contribution in [0.1, 0.15) is 11.7 Å². The first-order valence-corrected chi connectivity index (χ1v) is 3.80. The average molecular weight is 189 g/mol. The molecule has 12 heavy (non-hydrogen) atoms. The SMILES string of the molecule is OCC(O)c1ccc(O)c(Cl)c1. The van der Waals surface area contributed by atoms with Gasteiger partial charge in [0.25, 0.3) is 0 Å². The number of halogens is 1. The van der Waals surface area contributed by atoms with Crippen molar-refractivity contribution in [3.8, 4) is 5.75 Å². The van der Waals surface area contributed by atoms with E-state index >= 15 is 0 Å². The summed E-state index contributed by atoms with van der Waals surface area (Å²) in [5.41, 5.74) is 0.486. The molecule has 0 aromatic heterocycles. The number of aliphatic hydroxyl groups is 2. The Morgan fingerprint density at radius 2 is 2.08 bits per heavy atom. The molecule has 0 radical (unpaired) electrons. The predicted octanol–water partition coefficient (Wildman–Crippen LogP) is 1.07. The Morgan fingerprint density at radius 3 is 2.58 bits per heavy atom. The van der Waals surface area contributed by atoms with Crippen LogP contribution in [0.5, 0.6) is 5.75 Å². The van der Waals surface area contributed by atoms with Gasteiger partial charge in [-0.25, -0.2) is 0 Å². The van der Waals surface area contributed by atoms with E-state index < -0.39 is 6.10 Å². The molecule has 3 nitrogen and oxygen atoms in total. The minimum absolute atomic E-state index is 0.0365. The number of aromatic hydroxyl groups is 1. The molecule has 1 unspecified atom stereocenters. The van der Waals surface area contributed by atoms with Gasteiger partial charge in [-0.3, -0.25) is 0 Å². The number of benzene rings is 1. The number of rotatable bonds is 2. The number of phenols is 1. The third kappa shape index (κ3) is 1.88. The lowest BCUT2D eigenvalue weighted by molar-refractivity contribution is 0.0956. The smallest absolute Gasteiger partial charge is 0.134 e. The van der Waals surface area contributed by atoms with Crippen molar-refractivity contribution in [3.05, 3.63) is 28.8 Å². The van der Waals surface area contributed by atoms with Crippen LogP contribution in [0.25, 0.3) is 0 Å². The summed E-state index contributed by atoms with van der Waals surface area (Å²) in [6.45, 7) is -0.360. The first-order chi connectivity index (χ1) is 5.65. The van der Waals surface area contributed by atoms with E-state index in [0.717, 1.165) is 0 Å². The monoisotopic (exact) mass is 188 g/mol. The van der Waals surface area contributed by atoms with Gasteiger partial charge in [0, 0.05) is 0 Å². The van der Waals surface area contributed by atoms with Crippen LogP contribution in [0.2, 0.25) is 5.02 Å². The van der Waals surface area contributed by atoms with Crippen molar-refractivity contribution in [2.24, 2.45) is 0 Å². The average Bonchev–Trinajstić information content (AvgIpc) is 2.08. The zero-order chi connectivity index (χ0) is 9.14. The highest BCUT2D eigenvalue weighted by atomic mass is 35.5. The molecule has 0 amide bonds.